The average molecular weight is 222 g/mol. The van der Waals surface area contributed by atoms with E-state index < -0.39 is 5.97 Å². The number of hydrogen-bond donors (Lipinski definition) is 3. The lowest BCUT2D eigenvalue weighted by atomic mass is 10.1. The van der Waals surface area contributed by atoms with E-state index in [0.29, 0.717) is 13.0 Å². The highest BCUT2D eigenvalue weighted by atomic mass is 16.4. The summed E-state index contributed by atoms with van der Waals surface area (Å²) in [5.74, 6) is -0.765. The van der Waals surface area contributed by atoms with Gasteiger partial charge in [0.2, 0.25) is 5.91 Å². The first-order chi connectivity index (χ1) is 7.52. The van der Waals surface area contributed by atoms with Crippen molar-refractivity contribution < 1.29 is 14.7 Å². The van der Waals surface area contributed by atoms with E-state index in [1.54, 1.807) is 0 Å². The molecule has 0 spiro atoms. The van der Waals surface area contributed by atoms with E-state index in [4.69, 9.17) is 15.6 Å². The van der Waals surface area contributed by atoms with Gasteiger partial charge in [-0.15, -0.1) is 0 Å². The van der Waals surface area contributed by atoms with E-state index in [2.05, 4.69) is 5.32 Å². The maximum absolute atomic E-state index is 11.0. The third kappa shape index (κ3) is 3.36. The van der Waals surface area contributed by atoms with Gasteiger partial charge in [0, 0.05) is 19.2 Å². The first kappa shape index (κ1) is 12.2. The molecule has 1 aromatic rings. The molecule has 0 atom stereocenters. The SMILES string of the molecule is CC(=O)O.NCc1ccc2c(c1)CC(=O)N2. The largest absolute Gasteiger partial charge is 0.481 e. The van der Waals surface area contributed by atoms with Crippen molar-refractivity contribution in [2.24, 2.45) is 5.73 Å². The van der Waals surface area contributed by atoms with E-state index in [9.17, 15) is 4.79 Å². The molecule has 0 saturated carbocycles. The molecule has 0 fully saturated rings. The van der Waals surface area contributed by atoms with Crippen LogP contribution < -0.4 is 11.1 Å². The number of hydrogen-bond acceptors (Lipinski definition) is 3. The number of nitrogens with two attached hydrogens (primary N) is 1. The predicted molar refractivity (Wildman–Crippen MR) is 60.0 cm³/mol. The van der Waals surface area contributed by atoms with Crippen molar-refractivity contribution in [2.45, 2.75) is 19.9 Å². The molecule has 0 saturated heterocycles. The molecule has 1 aliphatic heterocycles. The van der Waals surface area contributed by atoms with Crippen LogP contribution in [0.3, 0.4) is 0 Å². The number of fused-ring (bicyclic) bond motifs is 1. The molecule has 16 heavy (non-hydrogen) atoms. The zero-order valence-corrected chi connectivity index (χ0v) is 8.99. The maximum atomic E-state index is 11.0. The molecule has 0 bridgehead atoms. The van der Waals surface area contributed by atoms with Crippen LogP contribution in [0.4, 0.5) is 5.69 Å². The molecular weight excluding hydrogens is 208 g/mol. The summed E-state index contributed by atoms with van der Waals surface area (Å²) in [5, 5.41) is 10.2. The molecule has 0 unspecified atom stereocenters. The Bertz CT molecular complexity index is 412. The Hall–Kier alpha value is -1.88. The van der Waals surface area contributed by atoms with Gasteiger partial charge in [0.15, 0.2) is 0 Å². The Morgan fingerprint density at radius 3 is 2.75 bits per heavy atom. The van der Waals surface area contributed by atoms with E-state index in [-0.39, 0.29) is 5.91 Å². The molecule has 5 heteroatoms. The number of carboxylic acid groups (broad SMARTS) is 1. The number of carboxylic acids is 1. The van der Waals surface area contributed by atoms with Crippen molar-refractivity contribution in [1.82, 2.24) is 0 Å². The van der Waals surface area contributed by atoms with E-state index in [0.717, 1.165) is 23.7 Å². The van der Waals surface area contributed by atoms with Gasteiger partial charge in [-0.1, -0.05) is 12.1 Å². The van der Waals surface area contributed by atoms with Crippen molar-refractivity contribution in [3.05, 3.63) is 29.3 Å². The highest BCUT2D eigenvalue weighted by molar-refractivity contribution is 5.99. The van der Waals surface area contributed by atoms with Gasteiger partial charge in [-0.3, -0.25) is 9.59 Å². The summed E-state index contributed by atoms with van der Waals surface area (Å²) in [6, 6.07) is 5.82. The van der Waals surface area contributed by atoms with Crippen molar-refractivity contribution in [1.29, 1.82) is 0 Å². The van der Waals surface area contributed by atoms with E-state index in [1.165, 1.54) is 0 Å². The summed E-state index contributed by atoms with van der Waals surface area (Å²) >= 11 is 0. The second kappa shape index (κ2) is 5.27. The first-order valence-electron chi connectivity index (χ1n) is 4.84. The summed E-state index contributed by atoms with van der Waals surface area (Å²) in [6.45, 7) is 1.61. The van der Waals surface area contributed by atoms with Gasteiger partial charge in [0.1, 0.15) is 0 Å². The summed E-state index contributed by atoms with van der Waals surface area (Å²) in [6.07, 6.45) is 0.489. The quantitative estimate of drug-likeness (QED) is 0.653. The summed E-state index contributed by atoms with van der Waals surface area (Å²) in [4.78, 5) is 20.0. The van der Waals surface area contributed by atoms with Crippen LogP contribution in [0.1, 0.15) is 18.1 Å². The van der Waals surface area contributed by atoms with Crippen LogP contribution >= 0.6 is 0 Å². The van der Waals surface area contributed by atoms with Crippen molar-refractivity contribution in [2.75, 3.05) is 5.32 Å². The van der Waals surface area contributed by atoms with Crippen LogP contribution in [0, 0.1) is 0 Å². The number of aliphatic carboxylic acids is 1. The lowest BCUT2D eigenvalue weighted by molar-refractivity contribution is -0.134. The number of rotatable bonds is 1. The molecule has 0 aromatic heterocycles. The van der Waals surface area contributed by atoms with Crippen molar-refractivity contribution >= 4 is 17.6 Å². The van der Waals surface area contributed by atoms with Crippen LogP contribution in [0.25, 0.3) is 0 Å². The molecule has 2 rings (SSSR count). The third-order valence-corrected chi connectivity index (χ3v) is 2.03. The van der Waals surface area contributed by atoms with Gasteiger partial charge in [-0.25, -0.2) is 0 Å². The summed E-state index contributed by atoms with van der Waals surface area (Å²) in [7, 11) is 0. The lowest BCUT2D eigenvalue weighted by Gasteiger charge is -2.00. The molecule has 86 valence electrons. The van der Waals surface area contributed by atoms with Crippen LogP contribution in [-0.4, -0.2) is 17.0 Å². The molecule has 0 radical (unpaired) electrons. The van der Waals surface area contributed by atoms with Gasteiger partial charge in [0.05, 0.1) is 6.42 Å². The maximum Gasteiger partial charge on any atom is 0.300 e. The second-order valence-electron chi connectivity index (χ2n) is 3.44. The highest BCUT2D eigenvalue weighted by Gasteiger charge is 2.16. The third-order valence-electron chi connectivity index (χ3n) is 2.03. The van der Waals surface area contributed by atoms with E-state index in [1.807, 2.05) is 18.2 Å². The molecule has 1 heterocycles. The van der Waals surface area contributed by atoms with Crippen LogP contribution in [-0.2, 0) is 22.6 Å². The molecule has 0 aliphatic carbocycles. The monoisotopic (exact) mass is 222 g/mol. The number of amides is 1. The smallest absolute Gasteiger partial charge is 0.300 e. The van der Waals surface area contributed by atoms with Crippen molar-refractivity contribution in [3.63, 3.8) is 0 Å². The summed E-state index contributed by atoms with van der Waals surface area (Å²) in [5.41, 5.74) is 8.53. The number of anilines is 1. The molecule has 1 aliphatic rings. The molecule has 4 N–H and O–H groups in total. The van der Waals surface area contributed by atoms with Gasteiger partial charge in [0.25, 0.3) is 5.97 Å². The number of carbonyl (C=O) groups is 2. The molecule has 5 nitrogen and oxygen atoms in total. The standard InChI is InChI=1S/C9H10N2O.C2H4O2/c10-5-6-1-2-8-7(3-6)4-9(12)11-8;1-2(3)4/h1-3H,4-5,10H2,(H,11,12);1H3,(H,3,4). The highest BCUT2D eigenvalue weighted by Crippen LogP contribution is 2.23. The zero-order chi connectivity index (χ0) is 12.1. The zero-order valence-electron chi connectivity index (χ0n) is 8.99. The fourth-order valence-electron chi connectivity index (χ4n) is 1.41. The Morgan fingerprint density at radius 1 is 1.56 bits per heavy atom. The average Bonchev–Trinajstić information content (AvgIpc) is 2.55. The number of nitrogens with one attached hydrogen (secondary N) is 1. The number of carbonyl (C=O) groups excluding carboxylic acids is 1. The Balaban J connectivity index is 0.000000280. The topological polar surface area (TPSA) is 92.4 Å². The Kier molecular flexibility index (Phi) is 4.02. The molecule has 1 aromatic carbocycles. The number of benzene rings is 1. The Labute approximate surface area is 93.3 Å². The minimum Gasteiger partial charge on any atom is -0.481 e. The second-order valence-corrected chi connectivity index (χ2v) is 3.44. The van der Waals surface area contributed by atoms with Crippen LogP contribution in [0.5, 0.6) is 0 Å². The first-order valence-corrected chi connectivity index (χ1v) is 4.84. The molecule has 1 amide bonds. The van der Waals surface area contributed by atoms with Crippen LogP contribution in [0.15, 0.2) is 18.2 Å². The van der Waals surface area contributed by atoms with Gasteiger partial charge >= 0.3 is 0 Å². The fourth-order valence-corrected chi connectivity index (χ4v) is 1.41. The lowest BCUT2D eigenvalue weighted by Crippen LogP contribution is -2.03. The van der Waals surface area contributed by atoms with Crippen molar-refractivity contribution in [3.8, 4) is 0 Å². The minimum absolute atomic E-state index is 0.0687. The van der Waals surface area contributed by atoms with E-state index >= 15 is 0 Å². The predicted octanol–water partition coefficient (Wildman–Crippen LogP) is 0.731. The van der Waals surface area contributed by atoms with Gasteiger partial charge in [-0.2, -0.15) is 0 Å². The molecular formula is C11H14N2O3. The minimum atomic E-state index is -0.833. The summed E-state index contributed by atoms with van der Waals surface area (Å²) < 4.78 is 0. The Morgan fingerprint density at radius 2 is 2.19 bits per heavy atom. The fraction of sp³-hybridized carbons (Fsp3) is 0.273. The van der Waals surface area contributed by atoms with Crippen LogP contribution in [0.2, 0.25) is 0 Å². The van der Waals surface area contributed by atoms with Gasteiger partial charge < -0.3 is 16.2 Å². The van der Waals surface area contributed by atoms with Gasteiger partial charge in [-0.05, 0) is 17.2 Å². The normalized spacial score (nSPS) is 12.2.